The zero-order valence-corrected chi connectivity index (χ0v) is 12.6. The van der Waals surface area contributed by atoms with Gasteiger partial charge in [0.05, 0.1) is 13.2 Å². The quantitative estimate of drug-likeness (QED) is 0.488. The molecule has 20 heavy (non-hydrogen) atoms. The average molecular weight is 285 g/mol. The molecule has 0 aromatic rings. The van der Waals surface area contributed by atoms with Crippen molar-refractivity contribution >= 4 is 11.9 Å². The summed E-state index contributed by atoms with van der Waals surface area (Å²) in [6, 6.07) is 0.411. The number of carbonyl (C=O) groups is 2. The van der Waals surface area contributed by atoms with Crippen molar-refractivity contribution < 1.29 is 14.3 Å². The first-order valence-corrected chi connectivity index (χ1v) is 7.43. The number of rotatable bonds is 8. The second-order valence-corrected chi connectivity index (χ2v) is 5.37. The molecular formula is C14H27N3O3. The van der Waals surface area contributed by atoms with Gasteiger partial charge < -0.3 is 15.8 Å². The first-order chi connectivity index (χ1) is 9.56. The zero-order chi connectivity index (χ0) is 15.0. The molecule has 0 aliphatic carbocycles. The van der Waals surface area contributed by atoms with Gasteiger partial charge in [-0.3, -0.25) is 14.5 Å². The molecule has 6 nitrogen and oxygen atoms in total. The van der Waals surface area contributed by atoms with Crippen LogP contribution in [0.25, 0.3) is 0 Å². The number of nitrogens with two attached hydrogens (primary N) is 1. The maximum absolute atomic E-state index is 11.8. The van der Waals surface area contributed by atoms with Crippen LogP contribution in [0.2, 0.25) is 0 Å². The SMILES string of the molecule is CCOC(=O)CCCNC(=O)CN1CC(CN)CC1C. The molecule has 1 aliphatic heterocycles. The van der Waals surface area contributed by atoms with Crippen molar-refractivity contribution in [1.82, 2.24) is 10.2 Å². The standard InChI is InChI=1S/C14H27N3O3/c1-3-20-14(19)5-4-6-16-13(18)10-17-9-12(8-15)7-11(17)2/h11-12H,3-10,15H2,1-2H3,(H,16,18). The number of likely N-dealkylation sites (tertiary alicyclic amines) is 1. The minimum absolute atomic E-state index is 0.0124. The van der Waals surface area contributed by atoms with Crippen molar-refractivity contribution in [3.8, 4) is 0 Å². The van der Waals surface area contributed by atoms with Crippen LogP contribution < -0.4 is 11.1 Å². The normalized spacial score (nSPS) is 22.8. The van der Waals surface area contributed by atoms with E-state index in [1.807, 2.05) is 0 Å². The van der Waals surface area contributed by atoms with Gasteiger partial charge in [0.2, 0.25) is 5.91 Å². The van der Waals surface area contributed by atoms with Crippen LogP contribution in [0.3, 0.4) is 0 Å². The Kier molecular flexibility index (Phi) is 7.54. The lowest BCUT2D eigenvalue weighted by atomic mass is 10.1. The van der Waals surface area contributed by atoms with Crippen LogP contribution in [0.15, 0.2) is 0 Å². The van der Waals surface area contributed by atoms with Gasteiger partial charge in [0.1, 0.15) is 0 Å². The number of amides is 1. The Bertz CT molecular complexity index is 323. The highest BCUT2D eigenvalue weighted by molar-refractivity contribution is 5.78. The molecule has 116 valence electrons. The average Bonchev–Trinajstić information content (AvgIpc) is 2.76. The van der Waals surface area contributed by atoms with Crippen molar-refractivity contribution in [2.75, 3.05) is 32.8 Å². The molecule has 0 radical (unpaired) electrons. The highest BCUT2D eigenvalue weighted by Crippen LogP contribution is 2.21. The lowest BCUT2D eigenvalue weighted by molar-refractivity contribution is -0.143. The van der Waals surface area contributed by atoms with Gasteiger partial charge in [-0.25, -0.2) is 0 Å². The zero-order valence-electron chi connectivity index (χ0n) is 12.6. The molecule has 1 rings (SSSR count). The predicted octanol–water partition coefficient (Wildman–Crippen LogP) is 0.115. The van der Waals surface area contributed by atoms with Crippen molar-refractivity contribution in [1.29, 1.82) is 0 Å². The molecule has 0 saturated carbocycles. The number of nitrogens with zero attached hydrogens (tertiary/aromatic N) is 1. The predicted molar refractivity (Wildman–Crippen MR) is 77.1 cm³/mol. The first-order valence-electron chi connectivity index (χ1n) is 7.43. The van der Waals surface area contributed by atoms with Crippen LogP contribution in [0.4, 0.5) is 0 Å². The summed E-state index contributed by atoms with van der Waals surface area (Å²) in [7, 11) is 0. The monoisotopic (exact) mass is 285 g/mol. The molecule has 0 aromatic heterocycles. The molecule has 0 bridgehead atoms. The van der Waals surface area contributed by atoms with Gasteiger partial charge in [-0.2, -0.15) is 0 Å². The van der Waals surface area contributed by atoms with Gasteiger partial charge >= 0.3 is 5.97 Å². The minimum atomic E-state index is -0.208. The molecule has 0 aromatic carbocycles. The van der Waals surface area contributed by atoms with E-state index in [0.717, 1.165) is 13.0 Å². The van der Waals surface area contributed by atoms with Crippen LogP contribution in [-0.2, 0) is 14.3 Å². The van der Waals surface area contributed by atoms with Gasteiger partial charge in [0.25, 0.3) is 0 Å². The van der Waals surface area contributed by atoms with Crippen LogP contribution in [-0.4, -0.2) is 55.6 Å². The van der Waals surface area contributed by atoms with E-state index in [4.69, 9.17) is 10.5 Å². The lowest BCUT2D eigenvalue weighted by Crippen LogP contribution is -2.39. The summed E-state index contributed by atoms with van der Waals surface area (Å²) in [6.07, 6.45) is 2.03. The Hall–Kier alpha value is -1.14. The molecule has 6 heteroatoms. The third-order valence-corrected chi connectivity index (χ3v) is 3.66. The molecular weight excluding hydrogens is 258 g/mol. The number of nitrogens with one attached hydrogen (secondary N) is 1. The lowest BCUT2D eigenvalue weighted by Gasteiger charge is -2.20. The summed E-state index contributed by atoms with van der Waals surface area (Å²) in [6.45, 7) is 6.82. The van der Waals surface area contributed by atoms with Crippen molar-refractivity contribution in [3.05, 3.63) is 0 Å². The number of carbonyl (C=O) groups excluding carboxylic acids is 2. The summed E-state index contributed by atoms with van der Waals surface area (Å²) < 4.78 is 4.82. The topological polar surface area (TPSA) is 84.7 Å². The van der Waals surface area contributed by atoms with Gasteiger partial charge in [-0.15, -0.1) is 0 Å². The minimum Gasteiger partial charge on any atom is -0.466 e. The van der Waals surface area contributed by atoms with Gasteiger partial charge in [0.15, 0.2) is 0 Å². The van der Waals surface area contributed by atoms with Crippen LogP contribution in [0.1, 0.15) is 33.1 Å². The molecule has 2 unspecified atom stereocenters. The number of esters is 1. The summed E-state index contributed by atoms with van der Waals surface area (Å²) >= 11 is 0. The van der Waals surface area contributed by atoms with Gasteiger partial charge in [-0.05, 0) is 39.2 Å². The van der Waals surface area contributed by atoms with E-state index in [1.165, 1.54) is 0 Å². The van der Waals surface area contributed by atoms with E-state index in [2.05, 4.69) is 17.1 Å². The maximum Gasteiger partial charge on any atom is 0.305 e. The van der Waals surface area contributed by atoms with Crippen LogP contribution in [0.5, 0.6) is 0 Å². The van der Waals surface area contributed by atoms with Crippen LogP contribution >= 0.6 is 0 Å². The van der Waals surface area contributed by atoms with E-state index in [-0.39, 0.29) is 11.9 Å². The Labute approximate surface area is 121 Å². The largest absolute Gasteiger partial charge is 0.466 e. The third-order valence-electron chi connectivity index (χ3n) is 3.66. The third kappa shape index (κ3) is 5.88. The summed E-state index contributed by atoms with van der Waals surface area (Å²) in [4.78, 5) is 25.1. The Morgan fingerprint density at radius 2 is 2.20 bits per heavy atom. The number of hydrogen-bond acceptors (Lipinski definition) is 5. The molecule has 2 atom stereocenters. The fraction of sp³-hybridized carbons (Fsp3) is 0.857. The highest BCUT2D eigenvalue weighted by Gasteiger charge is 2.29. The fourth-order valence-electron chi connectivity index (χ4n) is 2.54. The van der Waals surface area contributed by atoms with Crippen LogP contribution in [0, 0.1) is 5.92 Å². The van der Waals surface area contributed by atoms with Gasteiger partial charge in [0, 0.05) is 25.6 Å². The van der Waals surface area contributed by atoms with E-state index in [1.54, 1.807) is 6.92 Å². The van der Waals surface area contributed by atoms with E-state index in [0.29, 0.717) is 51.0 Å². The summed E-state index contributed by atoms with van der Waals surface area (Å²) in [5.41, 5.74) is 5.67. The van der Waals surface area contributed by atoms with Crippen molar-refractivity contribution in [2.24, 2.45) is 11.7 Å². The summed E-state index contributed by atoms with van der Waals surface area (Å²) in [5.74, 6) is 0.306. The van der Waals surface area contributed by atoms with Crippen molar-refractivity contribution in [3.63, 3.8) is 0 Å². The highest BCUT2D eigenvalue weighted by atomic mass is 16.5. The Morgan fingerprint density at radius 1 is 1.45 bits per heavy atom. The van der Waals surface area contributed by atoms with Crippen molar-refractivity contribution in [2.45, 2.75) is 39.2 Å². The molecule has 1 heterocycles. The molecule has 1 aliphatic rings. The number of ether oxygens (including phenoxy) is 1. The molecule has 1 amide bonds. The van der Waals surface area contributed by atoms with Gasteiger partial charge in [-0.1, -0.05) is 0 Å². The van der Waals surface area contributed by atoms with E-state index >= 15 is 0 Å². The second kappa shape index (κ2) is 8.92. The Morgan fingerprint density at radius 3 is 2.80 bits per heavy atom. The fourth-order valence-corrected chi connectivity index (χ4v) is 2.54. The summed E-state index contributed by atoms with van der Waals surface area (Å²) in [5, 5.41) is 2.84. The first kappa shape index (κ1) is 16.9. The smallest absolute Gasteiger partial charge is 0.305 e. The maximum atomic E-state index is 11.8. The molecule has 0 spiro atoms. The Balaban J connectivity index is 2.13. The molecule has 3 N–H and O–H groups in total. The van der Waals surface area contributed by atoms with E-state index < -0.39 is 0 Å². The second-order valence-electron chi connectivity index (χ2n) is 5.37. The van der Waals surface area contributed by atoms with E-state index in [9.17, 15) is 9.59 Å². The molecule has 1 saturated heterocycles. The molecule has 1 fully saturated rings. The number of hydrogen-bond donors (Lipinski definition) is 2.